The number of nitrogens with zero attached hydrogens (tertiary/aromatic N) is 1. The van der Waals surface area contributed by atoms with Gasteiger partial charge in [-0.2, -0.15) is 0 Å². The summed E-state index contributed by atoms with van der Waals surface area (Å²) >= 11 is 0. The summed E-state index contributed by atoms with van der Waals surface area (Å²) in [5.41, 5.74) is 1.58. The Hall–Kier alpha value is -2.37. The molecule has 19 heavy (non-hydrogen) atoms. The van der Waals surface area contributed by atoms with E-state index in [0.29, 0.717) is 22.9 Å². The van der Waals surface area contributed by atoms with Gasteiger partial charge in [-0.25, -0.2) is 0 Å². The number of H-pyrrole nitrogens is 1. The highest BCUT2D eigenvalue weighted by atomic mass is 16.6. The van der Waals surface area contributed by atoms with Crippen molar-refractivity contribution in [2.75, 3.05) is 7.11 Å². The van der Waals surface area contributed by atoms with Crippen molar-refractivity contribution in [3.8, 4) is 5.75 Å². The third-order valence-corrected chi connectivity index (χ3v) is 3.19. The summed E-state index contributed by atoms with van der Waals surface area (Å²) in [4.78, 5) is 25.7. The van der Waals surface area contributed by atoms with Crippen molar-refractivity contribution in [2.24, 2.45) is 0 Å². The van der Waals surface area contributed by atoms with E-state index in [1.54, 1.807) is 6.92 Å². The number of nitro benzene ring substituents is 1. The number of aromatic nitrogens is 1. The Bertz CT molecular complexity index is 719. The van der Waals surface area contributed by atoms with Crippen molar-refractivity contribution >= 4 is 16.6 Å². The predicted molar refractivity (Wildman–Crippen MR) is 71.9 cm³/mol. The molecule has 0 spiro atoms. The molecule has 1 N–H and O–H groups in total. The van der Waals surface area contributed by atoms with Crippen molar-refractivity contribution in [1.82, 2.24) is 4.98 Å². The van der Waals surface area contributed by atoms with Crippen LogP contribution in [0.5, 0.6) is 5.75 Å². The van der Waals surface area contributed by atoms with E-state index in [-0.39, 0.29) is 16.9 Å². The molecule has 0 bridgehead atoms. The maximum absolute atomic E-state index is 12.2. The average molecular weight is 262 g/mol. The van der Waals surface area contributed by atoms with Crippen molar-refractivity contribution in [1.29, 1.82) is 0 Å². The zero-order valence-corrected chi connectivity index (χ0v) is 10.9. The van der Waals surface area contributed by atoms with Gasteiger partial charge in [-0.3, -0.25) is 14.9 Å². The van der Waals surface area contributed by atoms with Crippen molar-refractivity contribution in [2.45, 2.75) is 20.3 Å². The molecule has 100 valence electrons. The molecule has 0 aliphatic rings. The number of fused-ring (bicyclic) bond motifs is 1. The molecule has 2 rings (SSSR count). The number of aryl methyl sites for hydroxylation is 1. The van der Waals surface area contributed by atoms with Gasteiger partial charge in [0.05, 0.1) is 22.9 Å². The van der Waals surface area contributed by atoms with Gasteiger partial charge in [-0.1, -0.05) is 6.92 Å². The molecule has 0 saturated heterocycles. The highest BCUT2D eigenvalue weighted by Crippen LogP contribution is 2.30. The fraction of sp³-hybridized carbons (Fsp3) is 0.308. The minimum atomic E-state index is -0.555. The first kappa shape index (κ1) is 13.1. The topological polar surface area (TPSA) is 85.2 Å². The van der Waals surface area contributed by atoms with E-state index >= 15 is 0 Å². The lowest BCUT2D eigenvalue weighted by Gasteiger charge is -2.08. The number of pyridine rings is 1. The zero-order valence-electron chi connectivity index (χ0n) is 10.9. The third kappa shape index (κ3) is 2.05. The second-order valence-corrected chi connectivity index (χ2v) is 4.24. The SMILES string of the molecule is CCc1[nH]c2cc(OC)c([N+](=O)[O-])cc2c(=O)c1C. The van der Waals surface area contributed by atoms with Crippen LogP contribution in [0.3, 0.4) is 0 Å². The van der Waals surface area contributed by atoms with E-state index < -0.39 is 4.92 Å². The Morgan fingerprint density at radius 2 is 2.11 bits per heavy atom. The zero-order chi connectivity index (χ0) is 14.2. The number of nitro groups is 1. The largest absolute Gasteiger partial charge is 0.490 e. The van der Waals surface area contributed by atoms with Crippen LogP contribution in [0.25, 0.3) is 10.9 Å². The van der Waals surface area contributed by atoms with Crippen LogP contribution in [0.1, 0.15) is 18.2 Å². The van der Waals surface area contributed by atoms with Gasteiger partial charge in [0, 0.05) is 23.4 Å². The maximum atomic E-state index is 12.2. The molecule has 6 heteroatoms. The number of aromatic amines is 1. The fourth-order valence-corrected chi connectivity index (χ4v) is 2.11. The monoisotopic (exact) mass is 262 g/mol. The Morgan fingerprint density at radius 1 is 1.42 bits per heavy atom. The molecule has 0 saturated carbocycles. The normalized spacial score (nSPS) is 10.7. The number of rotatable bonds is 3. The first-order chi connectivity index (χ1) is 8.99. The van der Waals surface area contributed by atoms with Gasteiger partial charge in [-0.15, -0.1) is 0 Å². The Morgan fingerprint density at radius 3 is 2.63 bits per heavy atom. The van der Waals surface area contributed by atoms with Gasteiger partial charge < -0.3 is 9.72 Å². The summed E-state index contributed by atoms with van der Waals surface area (Å²) in [5, 5.41) is 11.3. The summed E-state index contributed by atoms with van der Waals surface area (Å²) in [7, 11) is 1.36. The number of benzene rings is 1. The molecule has 0 amide bonds. The van der Waals surface area contributed by atoms with E-state index in [1.807, 2.05) is 6.92 Å². The molecule has 0 fully saturated rings. The minimum Gasteiger partial charge on any atom is -0.490 e. The van der Waals surface area contributed by atoms with Gasteiger partial charge >= 0.3 is 5.69 Å². The average Bonchev–Trinajstić information content (AvgIpc) is 2.41. The van der Waals surface area contributed by atoms with E-state index in [0.717, 1.165) is 5.69 Å². The molecule has 0 aliphatic heterocycles. The van der Waals surface area contributed by atoms with Gasteiger partial charge in [0.25, 0.3) is 0 Å². The van der Waals surface area contributed by atoms with E-state index in [2.05, 4.69) is 4.98 Å². The molecular weight excluding hydrogens is 248 g/mol. The molecule has 0 aliphatic carbocycles. The maximum Gasteiger partial charge on any atom is 0.311 e. The summed E-state index contributed by atoms with van der Waals surface area (Å²) in [6.07, 6.45) is 0.691. The van der Waals surface area contributed by atoms with Crippen molar-refractivity contribution in [3.63, 3.8) is 0 Å². The first-order valence-electron chi connectivity index (χ1n) is 5.87. The second-order valence-electron chi connectivity index (χ2n) is 4.24. The molecule has 1 aromatic carbocycles. The summed E-state index contributed by atoms with van der Waals surface area (Å²) in [5.74, 6) is 0.138. The number of ether oxygens (including phenoxy) is 1. The van der Waals surface area contributed by atoms with Crippen LogP contribution in [0.15, 0.2) is 16.9 Å². The van der Waals surface area contributed by atoms with Crippen LogP contribution in [-0.2, 0) is 6.42 Å². The van der Waals surface area contributed by atoms with E-state index in [9.17, 15) is 14.9 Å². The van der Waals surface area contributed by atoms with E-state index in [4.69, 9.17) is 4.74 Å². The molecule has 1 heterocycles. The molecule has 0 atom stereocenters. The van der Waals surface area contributed by atoms with Gasteiger partial charge in [0.2, 0.25) is 0 Å². The van der Waals surface area contributed by atoms with Crippen LogP contribution in [0.4, 0.5) is 5.69 Å². The molecule has 0 radical (unpaired) electrons. The number of methoxy groups -OCH3 is 1. The van der Waals surface area contributed by atoms with Gasteiger partial charge in [0.15, 0.2) is 11.2 Å². The van der Waals surface area contributed by atoms with Crippen LogP contribution in [0.2, 0.25) is 0 Å². The minimum absolute atomic E-state index is 0.138. The fourth-order valence-electron chi connectivity index (χ4n) is 2.11. The molecule has 1 aromatic heterocycles. The molecule has 0 unspecified atom stereocenters. The Labute approximate surface area is 109 Å². The summed E-state index contributed by atoms with van der Waals surface area (Å²) < 4.78 is 4.99. The lowest BCUT2D eigenvalue weighted by atomic mass is 10.1. The third-order valence-electron chi connectivity index (χ3n) is 3.19. The predicted octanol–water partition coefficient (Wildman–Crippen LogP) is 2.32. The van der Waals surface area contributed by atoms with Crippen LogP contribution in [0, 0.1) is 17.0 Å². The highest BCUT2D eigenvalue weighted by Gasteiger charge is 2.18. The Kier molecular flexibility index (Phi) is 3.25. The number of hydrogen-bond donors (Lipinski definition) is 1. The molecule has 2 aromatic rings. The first-order valence-corrected chi connectivity index (χ1v) is 5.87. The van der Waals surface area contributed by atoms with E-state index in [1.165, 1.54) is 19.2 Å². The van der Waals surface area contributed by atoms with Crippen LogP contribution in [-0.4, -0.2) is 17.0 Å². The number of hydrogen-bond acceptors (Lipinski definition) is 4. The summed E-state index contributed by atoms with van der Waals surface area (Å²) in [6, 6.07) is 2.76. The quantitative estimate of drug-likeness (QED) is 0.679. The van der Waals surface area contributed by atoms with Gasteiger partial charge in [-0.05, 0) is 13.3 Å². The van der Waals surface area contributed by atoms with Gasteiger partial charge in [0.1, 0.15) is 0 Å². The smallest absolute Gasteiger partial charge is 0.311 e. The number of nitrogens with one attached hydrogen (secondary N) is 1. The van der Waals surface area contributed by atoms with Crippen LogP contribution < -0.4 is 10.2 Å². The van der Waals surface area contributed by atoms with Crippen LogP contribution >= 0.6 is 0 Å². The van der Waals surface area contributed by atoms with Crippen molar-refractivity contribution in [3.05, 3.63) is 43.7 Å². The molecular formula is C13H14N2O4. The highest BCUT2D eigenvalue weighted by molar-refractivity contribution is 5.84. The Balaban J connectivity index is 2.90. The molecule has 6 nitrogen and oxygen atoms in total. The lowest BCUT2D eigenvalue weighted by Crippen LogP contribution is -2.11. The second kappa shape index (κ2) is 4.72. The summed E-state index contributed by atoms with van der Waals surface area (Å²) in [6.45, 7) is 3.65. The standard InChI is InChI=1S/C13H14N2O4/c1-4-9-7(2)13(16)8-5-11(15(17)18)12(19-3)6-10(8)14-9/h5-6H,4H2,1-3H3,(H,14,16). The van der Waals surface area contributed by atoms with Crippen molar-refractivity contribution < 1.29 is 9.66 Å². The lowest BCUT2D eigenvalue weighted by molar-refractivity contribution is -0.385.